The van der Waals surface area contributed by atoms with Crippen molar-refractivity contribution in [3.8, 4) is 0 Å². The van der Waals surface area contributed by atoms with Gasteiger partial charge in [0.1, 0.15) is 22.1 Å². The summed E-state index contributed by atoms with van der Waals surface area (Å²) in [5.74, 6) is -0.623. The van der Waals surface area contributed by atoms with Gasteiger partial charge in [-0.3, -0.25) is 0 Å². The summed E-state index contributed by atoms with van der Waals surface area (Å²) in [5, 5.41) is 20.2. The standard InChI is InChI=1S/C18H18O6S/c19-10-16-8-7-14(24-16)18(25(21,22)12-4-2-1-3-5-12)15(16)13-6-9-17(18,11-20)23-13/h1-9,13-15,19-20H,10-11H2/t13-,14-,15+,16-,17-,18+/m0/s1. The third-order valence-electron chi connectivity index (χ3n) is 6.18. The molecule has 0 saturated carbocycles. The lowest BCUT2D eigenvalue weighted by Crippen LogP contribution is -2.66. The highest BCUT2D eigenvalue weighted by molar-refractivity contribution is 7.93. The predicted molar refractivity (Wildman–Crippen MR) is 87.5 cm³/mol. The molecule has 4 aliphatic rings. The topological polar surface area (TPSA) is 93.1 Å². The van der Waals surface area contributed by atoms with Crippen LogP contribution in [0.3, 0.4) is 0 Å². The zero-order valence-corrected chi connectivity index (χ0v) is 14.1. The second-order valence-corrected chi connectivity index (χ2v) is 9.24. The smallest absolute Gasteiger partial charge is 0.190 e. The van der Waals surface area contributed by atoms with Gasteiger partial charge in [-0.2, -0.15) is 0 Å². The maximum absolute atomic E-state index is 13.8. The van der Waals surface area contributed by atoms with Gasteiger partial charge in [0.15, 0.2) is 9.84 Å². The van der Waals surface area contributed by atoms with Crippen molar-refractivity contribution in [3.63, 3.8) is 0 Å². The Balaban J connectivity index is 1.83. The first-order valence-electron chi connectivity index (χ1n) is 8.23. The third-order valence-corrected chi connectivity index (χ3v) is 8.80. The van der Waals surface area contributed by atoms with Crippen molar-refractivity contribution in [1.29, 1.82) is 0 Å². The van der Waals surface area contributed by atoms with Gasteiger partial charge in [-0.05, 0) is 12.1 Å². The maximum Gasteiger partial charge on any atom is 0.190 e. The highest BCUT2D eigenvalue weighted by Gasteiger charge is 2.84. The predicted octanol–water partition coefficient (Wildman–Crippen LogP) is 0.215. The molecule has 5 rings (SSSR count). The number of hydrogen-bond donors (Lipinski definition) is 2. The van der Waals surface area contributed by atoms with Gasteiger partial charge in [0.05, 0.1) is 30.1 Å². The molecule has 2 N–H and O–H groups in total. The SMILES string of the molecule is O=S(=O)(c1ccccc1)[C@]12[C@@H]3C=C[C@@](CO)(O3)[C@H]1[C@@H]1C=C[C@@]2(CO)O1. The Morgan fingerprint density at radius 1 is 1.00 bits per heavy atom. The lowest BCUT2D eigenvalue weighted by Gasteiger charge is -2.45. The zero-order chi connectivity index (χ0) is 17.5. The van der Waals surface area contributed by atoms with E-state index in [1.807, 2.05) is 0 Å². The highest BCUT2D eigenvalue weighted by Crippen LogP contribution is 2.67. The van der Waals surface area contributed by atoms with E-state index in [-0.39, 0.29) is 11.5 Å². The molecular formula is C18H18O6S. The number of aliphatic hydroxyl groups excluding tert-OH is 2. The summed E-state index contributed by atoms with van der Waals surface area (Å²) in [6, 6.07) is 8.17. The lowest BCUT2D eigenvalue weighted by molar-refractivity contribution is -0.0874. The average Bonchev–Trinajstić information content (AvgIpc) is 3.39. The number of ether oxygens (including phenoxy) is 2. The first-order valence-corrected chi connectivity index (χ1v) is 9.71. The van der Waals surface area contributed by atoms with Crippen LogP contribution >= 0.6 is 0 Å². The summed E-state index contributed by atoms with van der Waals surface area (Å²) in [6.45, 7) is -0.816. The lowest BCUT2D eigenvalue weighted by atomic mass is 9.65. The van der Waals surface area contributed by atoms with Crippen LogP contribution in [0.5, 0.6) is 0 Å². The summed E-state index contributed by atoms with van der Waals surface area (Å²) in [6.07, 6.45) is 5.52. The van der Waals surface area contributed by atoms with Gasteiger partial charge in [0.25, 0.3) is 0 Å². The molecular weight excluding hydrogens is 344 g/mol. The molecule has 4 aliphatic heterocycles. The van der Waals surface area contributed by atoms with E-state index in [1.54, 1.807) is 54.6 Å². The van der Waals surface area contributed by atoms with Crippen molar-refractivity contribution < 1.29 is 28.1 Å². The van der Waals surface area contributed by atoms with Crippen LogP contribution in [0.1, 0.15) is 0 Å². The Kier molecular flexibility index (Phi) is 2.90. The van der Waals surface area contributed by atoms with Crippen LogP contribution in [0.25, 0.3) is 0 Å². The molecule has 0 spiro atoms. The van der Waals surface area contributed by atoms with Gasteiger partial charge >= 0.3 is 0 Å². The van der Waals surface area contributed by atoms with Crippen molar-refractivity contribution in [3.05, 3.63) is 54.6 Å². The van der Waals surface area contributed by atoms with Crippen molar-refractivity contribution in [2.75, 3.05) is 13.2 Å². The highest BCUT2D eigenvalue weighted by atomic mass is 32.2. The maximum atomic E-state index is 13.8. The largest absolute Gasteiger partial charge is 0.393 e. The van der Waals surface area contributed by atoms with E-state index in [9.17, 15) is 18.6 Å². The Hall–Kier alpha value is -1.51. The zero-order valence-electron chi connectivity index (χ0n) is 13.3. The summed E-state index contributed by atoms with van der Waals surface area (Å²) in [7, 11) is -3.94. The minimum atomic E-state index is -3.94. The molecule has 0 aromatic heterocycles. The van der Waals surface area contributed by atoms with Crippen molar-refractivity contribution in [2.24, 2.45) is 5.92 Å². The molecule has 1 aromatic carbocycles. The monoisotopic (exact) mass is 362 g/mol. The molecule has 0 amide bonds. The van der Waals surface area contributed by atoms with E-state index in [2.05, 4.69) is 0 Å². The Bertz CT molecular complexity index is 893. The summed E-state index contributed by atoms with van der Waals surface area (Å²) < 4.78 is 38.2. The molecule has 132 valence electrons. The van der Waals surface area contributed by atoms with E-state index < -0.39 is 50.5 Å². The van der Waals surface area contributed by atoms with E-state index in [0.717, 1.165) is 0 Å². The quantitative estimate of drug-likeness (QED) is 0.744. The molecule has 6 atom stereocenters. The minimum Gasteiger partial charge on any atom is -0.393 e. The molecule has 4 heterocycles. The third kappa shape index (κ3) is 1.46. The van der Waals surface area contributed by atoms with Gasteiger partial charge in [-0.15, -0.1) is 0 Å². The molecule has 2 fully saturated rings. The second-order valence-electron chi connectivity index (χ2n) is 7.09. The van der Waals surface area contributed by atoms with E-state index in [4.69, 9.17) is 9.47 Å². The number of aliphatic hydroxyl groups is 2. The fraction of sp³-hybridized carbons (Fsp3) is 0.444. The van der Waals surface area contributed by atoms with Gasteiger partial charge in [-0.25, -0.2) is 8.42 Å². The van der Waals surface area contributed by atoms with Crippen LogP contribution in [0.4, 0.5) is 0 Å². The van der Waals surface area contributed by atoms with Crippen LogP contribution in [0.2, 0.25) is 0 Å². The molecule has 7 heteroatoms. The number of sulfone groups is 1. The number of benzene rings is 1. The van der Waals surface area contributed by atoms with Gasteiger partial charge < -0.3 is 19.7 Å². The first kappa shape index (κ1) is 15.7. The minimum absolute atomic E-state index is 0.162. The second kappa shape index (κ2) is 4.61. The molecule has 4 bridgehead atoms. The van der Waals surface area contributed by atoms with E-state index >= 15 is 0 Å². The summed E-state index contributed by atoms with van der Waals surface area (Å²) >= 11 is 0. The van der Waals surface area contributed by atoms with Gasteiger partial charge in [-0.1, -0.05) is 42.5 Å². The van der Waals surface area contributed by atoms with Crippen LogP contribution in [-0.4, -0.2) is 60.0 Å². The number of hydrogen-bond acceptors (Lipinski definition) is 6. The average molecular weight is 362 g/mol. The molecule has 25 heavy (non-hydrogen) atoms. The Labute approximate surface area is 145 Å². The van der Waals surface area contributed by atoms with Crippen LogP contribution in [-0.2, 0) is 19.3 Å². The van der Waals surface area contributed by atoms with Gasteiger partial charge in [0, 0.05) is 0 Å². The van der Waals surface area contributed by atoms with Crippen LogP contribution in [0, 0.1) is 5.92 Å². The molecule has 1 aromatic rings. The van der Waals surface area contributed by atoms with E-state index in [1.165, 1.54) is 0 Å². The molecule has 0 aliphatic carbocycles. The first-order chi connectivity index (χ1) is 12.0. The molecule has 0 unspecified atom stereocenters. The van der Waals surface area contributed by atoms with Crippen LogP contribution < -0.4 is 0 Å². The fourth-order valence-electron chi connectivity index (χ4n) is 5.26. The fourth-order valence-corrected chi connectivity index (χ4v) is 7.90. The van der Waals surface area contributed by atoms with Crippen LogP contribution in [0.15, 0.2) is 59.5 Å². The number of fused-ring (bicyclic) bond motifs is 9. The normalized spacial score (nSPS) is 46.1. The van der Waals surface area contributed by atoms with Gasteiger partial charge in [0.2, 0.25) is 0 Å². The van der Waals surface area contributed by atoms with Crippen molar-refractivity contribution >= 4 is 9.84 Å². The molecule has 0 radical (unpaired) electrons. The van der Waals surface area contributed by atoms with Crippen molar-refractivity contribution in [2.45, 2.75) is 33.1 Å². The number of rotatable bonds is 4. The Morgan fingerprint density at radius 2 is 1.76 bits per heavy atom. The molecule has 2 saturated heterocycles. The Morgan fingerprint density at radius 3 is 2.44 bits per heavy atom. The van der Waals surface area contributed by atoms with E-state index in [0.29, 0.717) is 0 Å². The molecule has 6 nitrogen and oxygen atoms in total. The summed E-state index contributed by atoms with van der Waals surface area (Å²) in [5.41, 5.74) is -2.50. The van der Waals surface area contributed by atoms with Crippen molar-refractivity contribution in [1.82, 2.24) is 0 Å². The summed E-state index contributed by atoms with van der Waals surface area (Å²) in [4.78, 5) is 0.162.